The van der Waals surface area contributed by atoms with E-state index >= 15 is 0 Å². The summed E-state index contributed by atoms with van der Waals surface area (Å²) in [6.45, 7) is 5.01. The zero-order valence-electron chi connectivity index (χ0n) is 12.3. The van der Waals surface area contributed by atoms with E-state index in [4.69, 9.17) is 10.5 Å². The van der Waals surface area contributed by atoms with E-state index in [1.54, 1.807) is 0 Å². The summed E-state index contributed by atoms with van der Waals surface area (Å²) in [6.07, 6.45) is 5.28. The van der Waals surface area contributed by atoms with Crippen molar-refractivity contribution < 1.29 is 34.3 Å². The van der Waals surface area contributed by atoms with Gasteiger partial charge < -0.3 is 40.6 Å². The van der Waals surface area contributed by atoms with Crippen molar-refractivity contribution in [2.45, 2.75) is 43.7 Å². The number of nitrogens with zero attached hydrogens (tertiary/aromatic N) is 1. The number of likely N-dealkylation sites (tertiary alicyclic amines) is 1. The summed E-state index contributed by atoms with van der Waals surface area (Å²) in [4.78, 5) is 13.7. The number of hydrogen-bond donors (Lipinski definition) is 2. The molecule has 1 amide bonds. The van der Waals surface area contributed by atoms with Crippen LogP contribution in [-0.2, 0) is 9.53 Å². The SMILES string of the molecule is NC(=O)C1CCN(C2COC3(CCNCC3)C2)CC1.[Cl-].[Cl-]. The first-order valence-electron chi connectivity index (χ1n) is 7.57. The maximum Gasteiger partial charge on any atom is 0.220 e. The van der Waals surface area contributed by atoms with Crippen LogP contribution < -0.4 is 35.9 Å². The van der Waals surface area contributed by atoms with Crippen LogP contribution in [0.2, 0.25) is 0 Å². The van der Waals surface area contributed by atoms with Gasteiger partial charge in [-0.3, -0.25) is 9.69 Å². The van der Waals surface area contributed by atoms with Crippen LogP contribution >= 0.6 is 0 Å². The fourth-order valence-corrected chi connectivity index (χ4v) is 3.83. The van der Waals surface area contributed by atoms with Gasteiger partial charge in [-0.1, -0.05) is 0 Å². The highest BCUT2D eigenvalue weighted by atomic mass is 35.5. The van der Waals surface area contributed by atoms with Gasteiger partial charge in [0.15, 0.2) is 0 Å². The van der Waals surface area contributed by atoms with E-state index < -0.39 is 0 Å². The highest BCUT2D eigenvalue weighted by Crippen LogP contribution is 2.36. The summed E-state index contributed by atoms with van der Waals surface area (Å²) < 4.78 is 6.15. The maximum atomic E-state index is 11.2. The molecule has 5 nitrogen and oxygen atoms in total. The molecule has 0 aromatic heterocycles. The van der Waals surface area contributed by atoms with E-state index in [-0.39, 0.29) is 42.2 Å². The molecule has 7 heteroatoms. The molecule has 3 aliphatic heterocycles. The Morgan fingerprint density at radius 2 is 1.81 bits per heavy atom. The molecule has 1 spiro atoms. The van der Waals surface area contributed by atoms with Gasteiger partial charge in [0, 0.05) is 12.0 Å². The molecule has 3 saturated heterocycles. The first kappa shape index (κ1) is 19.0. The van der Waals surface area contributed by atoms with Gasteiger partial charge in [-0.15, -0.1) is 0 Å². The summed E-state index contributed by atoms with van der Waals surface area (Å²) >= 11 is 0. The minimum atomic E-state index is -0.128. The zero-order chi connectivity index (χ0) is 13.3. The number of carbonyl (C=O) groups excluding carboxylic acids is 1. The molecule has 0 aromatic carbocycles. The quantitative estimate of drug-likeness (QED) is 0.526. The fourth-order valence-electron chi connectivity index (χ4n) is 3.83. The van der Waals surface area contributed by atoms with Crippen molar-refractivity contribution in [1.29, 1.82) is 0 Å². The molecule has 0 radical (unpaired) electrons. The Hall–Kier alpha value is -0.0700. The second-order valence-electron chi connectivity index (χ2n) is 6.31. The van der Waals surface area contributed by atoms with E-state index in [2.05, 4.69) is 10.2 Å². The monoisotopic (exact) mass is 337 g/mol. The van der Waals surface area contributed by atoms with Crippen molar-refractivity contribution in [1.82, 2.24) is 10.2 Å². The fraction of sp³-hybridized carbons (Fsp3) is 0.929. The third-order valence-corrected chi connectivity index (χ3v) is 5.15. The average Bonchev–Trinajstić information content (AvgIpc) is 2.83. The van der Waals surface area contributed by atoms with Gasteiger partial charge in [0.25, 0.3) is 0 Å². The minimum Gasteiger partial charge on any atom is -1.00 e. The van der Waals surface area contributed by atoms with Crippen molar-refractivity contribution >= 4 is 5.91 Å². The Morgan fingerprint density at radius 3 is 2.38 bits per heavy atom. The molecule has 3 N–H and O–H groups in total. The number of nitrogens with one attached hydrogen (secondary N) is 1. The van der Waals surface area contributed by atoms with E-state index in [1.807, 2.05) is 0 Å². The number of nitrogens with two attached hydrogens (primary N) is 1. The molecule has 0 aliphatic carbocycles. The van der Waals surface area contributed by atoms with Crippen LogP contribution in [0.25, 0.3) is 0 Å². The van der Waals surface area contributed by atoms with Crippen molar-refractivity contribution in [3.05, 3.63) is 0 Å². The minimum absolute atomic E-state index is 0. The third kappa shape index (κ3) is 4.23. The Kier molecular flexibility index (Phi) is 7.20. The highest BCUT2D eigenvalue weighted by Gasteiger charge is 2.43. The number of primary amides is 1. The number of piperidine rings is 2. The van der Waals surface area contributed by atoms with Gasteiger partial charge in [-0.05, 0) is 58.3 Å². The summed E-state index contributed by atoms with van der Waals surface area (Å²) in [5.41, 5.74) is 5.52. The van der Waals surface area contributed by atoms with Crippen LogP contribution in [0.1, 0.15) is 32.1 Å². The van der Waals surface area contributed by atoms with E-state index in [9.17, 15) is 4.79 Å². The summed E-state index contributed by atoms with van der Waals surface area (Å²) in [7, 11) is 0. The Morgan fingerprint density at radius 1 is 1.19 bits per heavy atom. The summed E-state index contributed by atoms with van der Waals surface area (Å²) in [5.74, 6) is -0.0384. The molecule has 21 heavy (non-hydrogen) atoms. The molecule has 0 bridgehead atoms. The van der Waals surface area contributed by atoms with Gasteiger partial charge in [0.05, 0.1) is 12.2 Å². The molecule has 1 unspecified atom stereocenters. The zero-order valence-corrected chi connectivity index (χ0v) is 13.8. The molecule has 0 aromatic rings. The Balaban J connectivity index is 0.00000110. The lowest BCUT2D eigenvalue weighted by Gasteiger charge is -2.36. The summed E-state index contributed by atoms with van der Waals surface area (Å²) in [6, 6.07) is 0.548. The number of halogens is 2. The van der Waals surface area contributed by atoms with Crippen LogP contribution in [0.3, 0.4) is 0 Å². The van der Waals surface area contributed by atoms with Gasteiger partial charge in [0.2, 0.25) is 5.91 Å². The van der Waals surface area contributed by atoms with Crippen LogP contribution in [0.4, 0.5) is 0 Å². The van der Waals surface area contributed by atoms with E-state index in [1.165, 1.54) is 0 Å². The van der Waals surface area contributed by atoms with Crippen molar-refractivity contribution in [3.8, 4) is 0 Å². The number of ether oxygens (including phenoxy) is 1. The molecule has 1 atom stereocenters. The maximum absolute atomic E-state index is 11.2. The molecule has 3 aliphatic rings. The lowest BCUT2D eigenvalue weighted by Crippen LogP contribution is -3.00. The van der Waals surface area contributed by atoms with Crippen molar-refractivity contribution in [3.63, 3.8) is 0 Å². The summed E-state index contributed by atoms with van der Waals surface area (Å²) in [5, 5.41) is 3.40. The standard InChI is InChI=1S/C14H25N3O2.2ClH/c15-13(18)11-1-7-17(8-2-11)12-9-14(19-10-12)3-5-16-6-4-14;;/h11-12,16H,1-10H2,(H2,15,18);2*1H/p-2. The number of rotatable bonds is 2. The number of hydrogen-bond acceptors (Lipinski definition) is 4. The smallest absolute Gasteiger partial charge is 0.220 e. The lowest BCUT2D eigenvalue weighted by molar-refractivity contribution is -0.123. The van der Waals surface area contributed by atoms with Crippen LogP contribution in [0.5, 0.6) is 0 Å². The van der Waals surface area contributed by atoms with Gasteiger partial charge in [-0.25, -0.2) is 0 Å². The predicted octanol–water partition coefficient (Wildman–Crippen LogP) is -5.90. The second-order valence-corrected chi connectivity index (χ2v) is 6.31. The number of amides is 1. The average molecular weight is 338 g/mol. The number of carbonyl (C=O) groups is 1. The van der Waals surface area contributed by atoms with Gasteiger partial charge in [0.1, 0.15) is 0 Å². The molecule has 124 valence electrons. The van der Waals surface area contributed by atoms with Crippen LogP contribution in [0.15, 0.2) is 0 Å². The molecular formula is C14H25Cl2N3O2-2. The normalized spacial score (nSPS) is 29.6. The Bertz CT molecular complexity index is 343. The third-order valence-electron chi connectivity index (χ3n) is 5.15. The Labute approximate surface area is 139 Å². The van der Waals surface area contributed by atoms with Crippen LogP contribution in [0, 0.1) is 5.92 Å². The first-order chi connectivity index (χ1) is 9.19. The molecule has 3 rings (SSSR count). The van der Waals surface area contributed by atoms with Crippen LogP contribution in [-0.4, -0.2) is 55.2 Å². The largest absolute Gasteiger partial charge is 1.00 e. The highest BCUT2D eigenvalue weighted by molar-refractivity contribution is 5.76. The van der Waals surface area contributed by atoms with E-state index in [0.29, 0.717) is 6.04 Å². The second kappa shape index (κ2) is 7.97. The van der Waals surface area contributed by atoms with E-state index in [0.717, 1.165) is 64.9 Å². The molecule has 3 fully saturated rings. The van der Waals surface area contributed by atoms with Gasteiger partial charge >= 0.3 is 0 Å². The molecule has 3 heterocycles. The topological polar surface area (TPSA) is 67.6 Å². The first-order valence-corrected chi connectivity index (χ1v) is 7.57. The van der Waals surface area contributed by atoms with Crippen molar-refractivity contribution in [2.75, 3.05) is 32.8 Å². The molecule has 0 saturated carbocycles. The predicted molar refractivity (Wildman–Crippen MR) is 72.7 cm³/mol. The lowest BCUT2D eigenvalue weighted by atomic mass is 9.87. The van der Waals surface area contributed by atoms with Gasteiger partial charge in [-0.2, -0.15) is 0 Å². The van der Waals surface area contributed by atoms with Crippen molar-refractivity contribution in [2.24, 2.45) is 11.7 Å². The molecular weight excluding hydrogens is 313 g/mol.